The summed E-state index contributed by atoms with van der Waals surface area (Å²) in [6.45, 7) is 0.831. The lowest BCUT2D eigenvalue weighted by atomic mass is 10.1. The summed E-state index contributed by atoms with van der Waals surface area (Å²) in [7, 11) is 3.34. The number of benzene rings is 1. The lowest BCUT2D eigenvalue weighted by molar-refractivity contribution is 0.397. The second kappa shape index (κ2) is 6.13. The molecule has 1 heterocycles. The molecule has 0 bridgehead atoms. The summed E-state index contributed by atoms with van der Waals surface area (Å²) in [6, 6.07) is 5.84. The molecule has 0 amide bonds. The van der Waals surface area contributed by atoms with Crippen LogP contribution in [0.15, 0.2) is 30.6 Å². The van der Waals surface area contributed by atoms with Crippen LogP contribution in [0.4, 0.5) is 5.69 Å². The van der Waals surface area contributed by atoms with E-state index < -0.39 is 0 Å². The van der Waals surface area contributed by atoms with Crippen LogP contribution in [-0.2, 0) is 13.0 Å². The minimum absolute atomic E-state index is 0.693. The van der Waals surface area contributed by atoms with E-state index in [4.69, 9.17) is 15.2 Å². The summed E-state index contributed by atoms with van der Waals surface area (Å²) in [5.74, 6) is 1.74. The highest BCUT2D eigenvalue weighted by atomic mass is 16.5. The maximum atomic E-state index is 5.63. The summed E-state index contributed by atoms with van der Waals surface area (Å²) in [6.07, 6.45) is 5.36. The van der Waals surface area contributed by atoms with Crippen molar-refractivity contribution in [2.45, 2.75) is 19.4 Å². The van der Waals surface area contributed by atoms with Crippen LogP contribution in [0.3, 0.4) is 0 Å². The zero-order valence-corrected chi connectivity index (χ0v) is 11.3. The zero-order valence-electron chi connectivity index (χ0n) is 11.3. The SMILES string of the molecule is COc1ccc(OC)c(CCCn2cc(N)cn2)c1. The molecule has 102 valence electrons. The normalized spacial score (nSPS) is 10.4. The molecule has 2 rings (SSSR count). The Kier molecular flexibility index (Phi) is 4.28. The molecule has 5 heteroatoms. The van der Waals surface area contributed by atoms with Crippen molar-refractivity contribution in [3.63, 3.8) is 0 Å². The standard InChI is InChI=1S/C14H19N3O2/c1-18-13-5-6-14(19-2)11(8-13)4-3-7-17-10-12(15)9-16-17/h5-6,8-10H,3-4,7,15H2,1-2H3. The van der Waals surface area contributed by atoms with E-state index in [0.717, 1.165) is 36.4 Å². The molecule has 1 aromatic heterocycles. The maximum absolute atomic E-state index is 5.63. The van der Waals surface area contributed by atoms with Gasteiger partial charge in [0.25, 0.3) is 0 Å². The largest absolute Gasteiger partial charge is 0.497 e. The van der Waals surface area contributed by atoms with Crippen molar-refractivity contribution in [1.29, 1.82) is 0 Å². The van der Waals surface area contributed by atoms with Crippen LogP contribution in [0.5, 0.6) is 11.5 Å². The molecule has 0 fully saturated rings. The Bertz CT molecular complexity index is 537. The first-order valence-corrected chi connectivity index (χ1v) is 6.21. The minimum atomic E-state index is 0.693. The van der Waals surface area contributed by atoms with Crippen molar-refractivity contribution in [3.8, 4) is 11.5 Å². The smallest absolute Gasteiger partial charge is 0.122 e. The lowest BCUT2D eigenvalue weighted by Crippen LogP contribution is -2.01. The fraction of sp³-hybridized carbons (Fsp3) is 0.357. The Labute approximate surface area is 112 Å². The monoisotopic (exact) mass is 261 g/mol. The molecule has 1 aromatic carbocycles. The van der Waals surface area contributed by atoms with Crippen molar-refractivity contribution in [2.24, 2.45) is 0 Å². The molecule has 0 saturated carbocycles. The van der Waals surface area contributed by atoms with E-state index in [2.05, 4.69) is 5.10 Å². The fourth-order valence-corrected chi connectivity index (χ4v) is 2.01. The second-order valence-electron chi connectivity index (χ2n) is 4.32. The first-order chi connectivity index (χ1) is 9.22. The van der Waals surface area contributed by atoms with Crippen LogP contribution in [-0.4, -0.2) is 24.0 Å². The summed E-state index contributed by atoms with van der Waals surface area (Å²) in [5, 5.41) is 4.16. The van der Waals surface area contributed by atoms with Gasteiger partial charge in [-0.1, -0.05) is 0 Å². The van der Waals surface area contributed by atoms with Crippen molar-refractivity contribution in [1.82, 2.24) is 9.78 Å². The lowest BCUT2D eigenvalue weighted by Gasteiger charge is -2.10. The molecule has 5 nitrogen and oxygen atoms in total. The van der Waals surface area contributed by atoms with Gasteiger partial charge >= 0.3 is 0 Å². The molecule has 0 saturated heterocycles. The van der Waals surface area contributed by atoms with Gasteiger partial charge in [0.15, 0.2) is 0 Å². The van der Waals surface area contributed by atoms with Gasteiger partial charge < -0.3 is 15.2 Å². The third kappa shape index (κ3) is 3.40. The Hall–Kier alpha value is -2.17. The molecule has 19 heavy (non-hydrogen) atoms. The van der Waals surface area contributed by atoms with Gasteiger partial charge in [-0.3, -0.25) is 4.68 Å². The van der Waals surface area contributed by atoms with Gasteiger partial charge in [-0.2, -0.15) is 5.10 Å². The molecule has 0 radical (unpaired) electrons. The second-order valence-corrected chi connectivity index (χ2v) is 4.32. The number of rotatable bonds is 6. The van der Waals surface area contributed by atoms with Crippen molar-refractivity contribution >= 4 is 5.69 Å². The van der Waals surface area contributed by atoms with Crippen LogP contribution < -0.4 is 15.2 Å². The van der Waals surface area contributed by atoms with E-state index in [1.807, 2.05) is 29.1 Å². The van der Waals surface area contributed by atoms with Crippen molar-refractivity contribution in [2.75, 3.05) is 20.0 Å². The van der Waals surface area contributed by atoms with Gasteiger partial charge in [-0.05, 0) is 36.6 Å². The van der Waals surface area contributed by atoms with Crippen LogP contribution in [0.2, 0.25) is 0 Å². The third-order valence-corrected chi connectivity index (χ3v) is 2.97. The Balaban J connectivity index is 1.98. The number of nitrogens with zero attached hydrogens (tertiary/aromatic N) is 2. The average molecular weight is 261 g/mol. The van der Waals surface area contributed by atoms with Crippen LogP contribution >= 0.6 is 0 Å². The number of hydrogen-bond acceptors (Lipinski definition) is 4. The van der Waals surface area contributed by atoms with Gasteiger partial charge in [-0.25, -0.2) is 0 Å². The summed E-state index contributed by atoms with van der Waals surface area (Å²) in [5.41, 5.74) is 7.46. The maximum Gasteiger partial charge on any atom is 0.122 e. The molecule has 0 spiro atoms. The minimum Gasteiger partial charge on any atom is -0.497 e. The van der Waals surface area contributed by atoms with E-state index in [1.165, 1.54) is 0 Å². The quantitative estimate of drug-likeness (QED) is 0.865. The first-order valence-electron chi connectivity index (χ1n) is 6.21. The van der Waals surface area contributed by atoms with Crippen LogP contribution in [0, 0.1) is 0 Å². The number of ether oxygens (including phenoxy) is 2. The first kappa shape index (κ1) is 13.3. The molecule has 0 aliphatic carbocycles. The number of aromatic nitrogens is 2. The number of nitrogen functional groups attached to an aromatic ring is 1. The zero-order chi connectivity index (χ0) is 13.7. The molecule has 0 unspecified atom stereocenters. The van der Waals surface area contributed by atoms with E-state index in [-0.39, 0.29) is 0 Å². The third-order valence-electron chi connectivity index (χ3n) is 2.97. The Morgan fingerprint density at radius 2 is 2.11 bits per heavy atom. The number of aryl methyl sites for hydroxylation is 2. The molecule has 0 aliphatic rings. The number of nitrogens with two attached hydrogens (primary N) is 1. The number of hydrogen-bond donors (Lipinski definition) is 1. The van der Waals surface area contributed by atoms with Crippen molar-refractivity contribution < 1.29 is 9.47 Å². The summed E-state index contributed by atoms with van der Waals surface area (Å²) >= 11 is 0. The van der Waals surface area contributed by atoms with Crippen molar-refractivity contribution in [3.05, 3.63) is 36.2 Å². The van der Waals surface area contributed by atoms with Crippen LogP contribution in [0.1, 0.15) is 12.0 Å². The van der Waals surface area contributed by atoms with Gasteiger partial charge in [-0.15, -0.1) is 0 Å². The highest BCUT2D eigenvalue weighted by molar-refractivity contribution is 5.40. The molecule has 2 aromatic rings. The average Bonchev–Trinajstić information content (AvgIpc) is 2.84. The number of anilines is 1. The molecular weight excluding hydrogens is 242 g/mol. The fourth-order valence-electron chi connectivity index (χ4n) is 2.01. The summed E-state index contributed by atoms with van der Waals surface area (Å²) < 4.78 is 12.4. The van der Waals surface area contributed by atoms with Gasteiger partial charge in [0.1, 0.15) is 11.5 Å². The highest BCUT2D eigenvalue weighted by Gasteiger charge is 2.05. The predicted octanol–water partition coefficient (Wildman–Crippen LogP) is 2.12. The van der Waals surface area contributed by atoms with Gasteiger partial charge in [0.05, 0.1) is 26.1 Å². The van der Waals surface area contributed by atoms with Crippen LogP contribution in [0.25, 0.3) is 0 Å². The van der Waals surface area contributed by atoms with E-state index >= 15 is 0 Å². The topological polar surface area (TPSA) is 62.3 Å². The van der Waals surface area contributed by atoms with E-state index in [9.17, 15) is 0 Å². The highest BCUT2D eigenvalue weighted by Crippen LogP contribution is 2.25. The molecule has 2 N–H and O–H groups in total. The summed E-state index contributed by atoms with van der Waals surface area (Å²) in [4.78, 5) is 0. The molecular formula is C14H19N3O2. The number of methoxy groups -OCH3 is 2. The van der Waals surface area contributed by atoms with Gasteiger partial charge in [0, 0.05) is 12.7 Å². The predicted molar refractivity (Wildman–Crippen MR) is 74.5 cm³/mol. The molecule has 0 atom stereocenters. The molecule has 0 aliphatic heterocycles. The van der Waals surface area contributed by atoms with Gasteiger partial charge in [0.2, 0.25) is 0 Å². The Morgan fingerprint density at radius 3 is 2.74 bits per heavy atom. The van der Waals surface area contributed by atoms with E-state index in [0.29, 0.717) is 5.69 Å². The Morgan fingerprint density at radius 1 is 1.26 bits per heavy atom. The van der Waals surface area contributed by atoms with E-state index in [1.54, 1.807) is 20.4 Å².